The first-order valence-electron chi connectivity index (χ1n) is 6.95. The van der Waals surface area contributed by atoms with E-state index in [1.54, 1.807) is 31.2 Å². The lowest BCUT2D eigenvalue weighted by Crippen LogP contribution is -2.15. The summed E-state index contributed by atoms with van der Waals surface area (Å²) in [5, 5.41) is 6.34. The average molecular weight is 393 g/mol. The van der Waals surface area contributed by atoms with Crippen molar-refractivity contribution in [3.8, 4) is 11.3 Å². The van der Waals surface area contributed by atoms with Gasteiger partial charge in [-0.2, -0.15) is 0 Å². The summed E-state index contributed by atoms with van der Waals surface area (Å²) in [5.74, 6) is -1.93. The number of rotatable bonds is 3. The smallest absolute Gasteiger partial charge is 0.261 e. The Morgan fingerprint density at radius 3 is 2.58 bits per heavy atom. The summed E-state index contributed by atoms with van der Waals surface area (Å²) < 4.78 is 32.3. The van der Waals surface area contributed by atoms with Crippen LogP contribution in [-0.4, -0.2) is 11.1 Å². The van der Waals surface area contributed by atoms with E-state index in [-0.39, 0.29) is 15.7 Å². The van der Waals surface area contributed by atoms with Gasteiger partial charge in [-0.3, -0.25) is 4.79 Å². The Labute approximate surface area is 144 Å². The molecule has 0 aliphatic heterocycles. The Bertz CT molecular complexity index is 887. The molecule has 1 heterocycles. The quantitative estimate of drug-likeness (QED) is 0.686. The summed E-state index contributed by atoms with van der Waals surface area (Å²) in [6, 6.07) is 10.8. The SMILES string of the molecule is Cc1onc(-c2ccccc2)c1C(=O)Nc1c(F)cc(F)cc1Br. The zero-order valence-corrected chi connectivity index (χ0v) is 14.0. The first kappa shape index (κ1) is 16.3. The van der Waals surface area contributed by atoms with Crippen molar-refractivity contribution in [1.82, 2.24) is 5.16 Å². The highest BCUT2D eigenvalue weighted by atomic mass is 79.9. The summed E-state index contributed by atoms with van der Waals surface area (Å²) >= 11 is 3.04. The number of carbonyl (C=O) groups excluding carboxylic acids is 1. The molecule has 0 atom stereocenters. The third-order valence-electron chi connectivity index (χ3n) is 3.38. The van der Waals surface area contributed by atoms with Crippen molar-refractivity contribution >= 4 is 27.5 Å². The standard InChI is InChI=1S/C17H11BrF2N2O2/c1-9-14(15(22-24-9)10-5-3-2-4-6-10)17(23)21-16-12(18)7-11(19)8-13(16)20/h2-8H,1H3,(H,21,23). The first-order valence-corrected chi connectivity index (χ1v) is 7.74. The molecule has 24 heavy (non-hydrogen) atoms. The maximum atomic E-state index is 13.9. The summed E-state index contributed by atoms with van der Waals surface area (Å²) in [6.07, 6.45) is 0. The normalized spacial score (nSPS) is 10.7. The molecule has 1 N–H and O–H groups in total. The molecular weight excluding hydrogens is 382 g/mol. The van der Waals surface area contributed by atoms with Gasteiger partial charge in [0, 0.05) is 16.1 Å². The molecule has 0 bridgehead atoms. The van der Waals surface area contributed by atoms with Crippen molar-refractivity contribution in [3.05, 3.63) is 69.9 Å². The molecule has 3 rings (SSSR count). The predicted molar refractivity (Wildman–Crippen MR) is 88.7 cm³/mol. The van der Waals surface area contributed by atoms with Crippen molar-refractivity contribution in [2.75, 3.05) is 5.32 Å². The van der Waals surface area contributed by atoms with Gasteiger partial charge in [0.25, 0.3) is 5.91 Å². The summed E-state index contributed by atoms with van der Waals surface area (Å²) in [6.45, 7) is 1.59. The van der Waals surface area contributed by atoms with Gasteiger partial charge in [-0.25, -0.2) is 8.78 Å². The zero-order chi connectivity index (χ0) is 17.3. The fourth-order valence-corrected chi connectivity index (χ4v) is 2.78. The van der Waals surface area contributed by atoms with E-state index in [0.29, 0.717) is 23.1 Å². The average Bonchev–Trinajstić information content (AvgIpc) is 2.93. The molecule has 122 valence electrons. The highest BCUT2D eigenvalue weighted by Gasteiger charge is 2.23. The summed E-state index contributed by atoms with van der Waals surface area (Å²) in [4.78, 5) is 12.6. The van der Waals surface area contributed by atoms with Crippen molar-refractivity contribution in [2.24, 2.45) is 0 Å². The van der Waals surface area contributed by atoms with E-state index in [9.17, 15) is 13.6 Å². The number of benzene rings is 2. The Hall–Kier alpha value is -2.54. The van der Waals surface area contributed by atoms with Gasteiger partial charge < -0.3 is 9.84 Å². The van der Waals surface area contributed by atoms with Gasteiger partial charge in [-0.05, 0) is 28.9 Å². The molecule has 1 aromatic heterocycles. The van der Waals surface area contributed by atoms with Gasteiger partial charge in [0.15, 0.2) is 5.82 Å². The number of aromatic nitrogens is 1. The van der Waals surface area contributed by atoms with Crippen LogP contribution in [0.1, 0.15) is 16.1 Å². The molecule has 3 aromatic rings. The molecule has 0 fully saturated rings. The van der Waals surface area contributed by atoms with Crippen LogP contribution in [0.15, 0.2) is 51.5 Å². The number of aryl methyl sites for hydroxylation is 1. The van der Waals surface area contributed by atoms with Crippen LogP contribution in [0.5, 0.6) is 0 Å². The van der Waals surface area contributed by atoms with E-state index in [4.69, 9.17) is 4.52 Å². The molecule has 0 spiro atoms. The van der Waals surface area contributed by atoms with E-state index in [2.05, 4.69) is 26.4 Å². The van der Waals surface area contributed by atoms with Gasteiger partial charge in [-0.1, -0.05) is 35.5 Å². The number of amides is 1. The maximum absolute atomic E-state index is 13.9. The number of carbonyl (C=O) groups is 1. The Morgan fingerprint density at radius 2 is 1.92 bits per heavy atom. The van der Waals surface area contributed by atoms with E-state index in [0.717, 1.165) is 6.07 Å². The number of halogens is 3. The topological polar surface area (TPSA) is 55.1 Å². The lowest BCUT2D eigenvalue weighted by molar-refractivity contribution is 0.102. The van der Waals surface area contributed by atoms with Crippen LogP contribution in [0.4, 0.5) is 14.5 Å². The van der Waals surface area contributed by atoms with Crippen LogP contribution >= 0.6 is 15.9 Å². The van der Waals surface area contributed by atoms with Crippen LogP contribution in [0.25, 0.3) is 11.3 Å². The van der Waals surface area contributed by atoms with Gasteiger partial charge in [0.2, 0.25) is 0 Å². The van der Waals surface area contributed by atoms with Crippen molar-refractivity contribution in [2.45, 2.75) is 6.92 Å². The monoisotopic (exact) mass is 392 g/mol. The summed E-state index contributed by atoms with van der Waals surface area (Å²) in [7, 11) is 0. The zero-order valence-electron chi connectivity index (χ0n) is 12.4. The van der Waals surface area contributed by atoms with E-state index >= 15 is 0 Å². The molecular formula is C17H11BrF2N2O2. The Kier molecular flexibility index (Phi) is 4.44. The second-order valence-corrected chi connectivity index (χ2v) is 5.88. The molecule has 0 aliphatic carbocycles. The van der Waals surface area contributed by atoms with Crippen LogP contribution in [-0.2, 0) is 0 Å². The fraction of sp³-hybridized carbons (Fsp3) is 0.0588. The van der Waals surface area contributed by atoms with E-state index in [1.165, 1.54) is 0 Å². The van der Waals surface area contributed by atoms with Gasteiger partial charge >= 0.3 is 0 Å². The van der Waals surface area contributed by atoms with E-state index < -0.39 is 17.5 Å². The summed E-state index contributed by atoms with van der Waals surface area (Å²) in [5.41, 5.74) is 1.08. The van der Waals surface area contributed by atoms with Gasteiger partial charge in [-0.15, -0.1) is 0 Å². The minimum Gasteiger partial charge on any atom is -0.360 e. The molecule has 4 nitrogen and oxygen atoms in total. The van der Waals surface area contributed by atoms with Gasteiger partial charge in [0.1, 0.15) is 22.8 Å². The third kappa shape index (κ3) is 3.07. The maximum Gasteiger partial charge on any atom is 0.261 e. The number of anilines is 1. The largest absolute Gasteiger partial charge is 0.360 e. The lowest BCUT2D eigenvalue weighted by atomic mass is 10.1. The number of nitrogens with zero attached hydrogens (tertiary/aromatic N) is 1. The van der Waals surface area contributed by atoms with Crippen LogP contribution < -0.4 is 5.32 Å². The predicted octanol–water partition coefficient (Wildman–Crippen LogP) is 4.94. The third-order valence-corrected chi connectivity index (χ3v) is 4.01. The highest BCUT2D eigenvalue weighted by Crippen LogP contribution is 2.30. The molecule has 0 saturated heterocycles. The molecule has 1 amide bonds. The minimum absolute atomic E-state index is 0.101. The fourth-order valence-electron chi connectivity index (χ4n) is 2.27. The number of hydrogen-bond acceptors (Lipinski definition) is 3. The first-order chi connectivity index (χ1) is 11.5. The van der Waals surface area contributed by atoms with Crippen molar-refractivity contribution < 1.29 is 18.1 Å². The van der Waals surface area contributed by atoms with Crippen LogP contribution in [0, 0.1) is 18.6 Å². The van der Waals surface area contributed by atoms with Gasteiger partial charge in [0.05, 0.1) is 5.69 Å². The lowest BCUT2D eigenvalue weighted by Gasteiger charge is -2.09. The number of nitrogens with one attached hydrogen (secondary N) is 1. The second kappa shape index (κ2) is 6.52. The molecule has 0 radical (unpaired) electrons. The van der Waals surface area contributed by atoms with Crippen LogP contribution in [0.2, 0.25) is 0 Å². The van der Waals surface area contributed by atoms with E-state index in [1.807, 2.05) is 6.07 Å². The van der Waals surface area contributed by atoms with Crippen molar-refractivity contribution in [1.29, 1.82) is 0 Å². The highest BCUT2D eigenvalue weighted by molar-refractivity contribution is 9.10. The number of hydrogen-bond donors (Lipinski definition) is 1. The Morgan fingerprint density at radius 1 is 1.21 bits per heavy atom. The van der Waals surface area contributed by atoms with Crippen LogP contribution in [0.3, 0.4) is 0 Å². The molecule has 0 saturated carbocycles. The van der Waals surface area contributed by atoms with Crippen molar-refractivity contribution in [3.63, 3.8) is 0 Å². The Balaban J connectivity index is 1.99. The second-order valence-electron chi connectivity index (χ2n) is 5.03. The molecule has 0 unspecified atom stereocenters. The minimum atomic E-state index is -0.884. The molecule has 2 aromatic carbocycles. The molecule has 0 aliphatic rings. The molecule has 7 heteroatoms.